The molecule has 2 saturated heterocycles. The molecule has 3 heterocycles. The number of carbonyl (C=O) groups excluding carboxylic acids is 2. The maximum atomic E-state index is 12.2. The van der Waals surface area contributed by atoms with Gasteiger partial charge in [-0.2, -0.15) is 0 Å². The Kier molecular flexibility index (Phi) is 3.28. The summed E-state index contributed by atoms with van der Waals surface area (Å²) in [4.78, 5) is 24.4. The number of nitrogens with one attached hydrogen (secondary N) is 1. The van der Waals surface area contributed by atoms with Crippen molar-refractivity contribution in [1.29, 1.82) is 0 Å². The van der Waals surface area contributed by atoms with Gasteiger partial charge in [-0.05, 0) is 24.3 Å². The maximum absolute atomic E-state index is 12.2. The summed E-state index contributed by atoms with van der Waals surface area (Å²) in [6.45, 7) is 0.435. The van der Waals surface area contributed by atoms with E-state index in [-0.39, 0.29) is 18.1 Å². The summed E-state index contributed by atoms with van der Waals surface area (Å²) >= 11 is 1.56. The second kappa shape index (κ2) is 4.94. The van der Waals surface area contributed by atoms with E-state index in [0.29, 0.717) is 13.0 Å². The highest BCUT2D eigenvalue weighted by atomic mass is 32.1. The summed E-state index contributed by atoms with van der Waals surface area (Å²) in [6.07, 6.45) is 0.840. The minimum atomic E-state index is -1.18. The van der Waals surface area contributed by atoms with Gasteiger partial charge in [-0.25, -0.2) is 0 Å². The van der Waals surface area contributed by atoms with E-state index in [1.807, 2.05) is 17.5 Å². The van der Waals surface area contributed by atoms with Crippen molar-refractivity contribution in [2.75, 3.05) is 0 Å². The molecule has 6 heteroatoms. The molecule has 0 aliphatic carbocycles. The van der Waals surface area contributed by atoms with E-state index >= 15 is 0 Å². The Hall–Kier alpha value is -1.40. The molecule has 1 aromatic heterocycles. The number of carboxylic acid groups (broad SMARTS) is 1. The second-order valence-corrected chi connectivity index (χ2v) is 5.99. The van der Waals surface area contributed by atoms with Crippen molar-refractivity contribution < 1.29 is 19.4 Å². The molecule has 102 valence electrons. The second-order valence-electron chi connectivity index (χ2n) is 4.96. The van der Waals surface area contributed by atoms with Crippen molar-refractivity contribution in [2.45, 2.75) is 31.6 Å². The maximum Gasteiger partial charge on any atom is 0.226 e. The third-order valence-electron chi connectivity index (χ3n) is 3.87. The van der Waals surface area contributed by atoms with E-state index in [1.165, 1.54) is 0 Å². The first-order valence-corrected chi connectivity index (χ1v) is 7.21. The van der Waals surface area contributed by atoms with Crippen molar-refractivity contribution in [1.82, 2.24) is 5.32 Å². The summed E-state index contributed by atoms with van der Waals surface area (Å²) in [5, 5.41) is 15.9. The first kappa shape index (κ1) is 12.6. The van der Waals surface area contributed by atoms with Gasteiger partial charge in [-0.1, -0.05) is 6.07 Å². The third kappa shape index (κ3) is 2.26. The summed E-state index contributed by atoms with van der Waals surface area (Å²) in [7, 11) is 0. The Labute approximate surface area is 114 Å². The molecule has 0 aromatic carbocycles. The molecule has 3 rings (SSSR count). The Morgan fingerprint density at radius 3 is 2.74 bits per heavy atom. The van der Waals surface area contributed by atoms with Crippen LogP contribution in [0.15, 0.2) is 17.5 Å². The summed E-state index contributed by atoms with van der Waals surface area (Å²) in [5.74, 6) is -2.83. The molecule has 0 unspecified atom stereocenters. The fourth-order valence-electron chi connectivity index (χ4n) is 3.02. The van der Waals surface area contributed by atoms with Crippen LogP contribution in [0.5, 0.6) is 0 Å². The highest BCUT2D eigenvalue weighted by molar-refractivity contribution is 7.09. The van der Waals surface area contributed by atoms with E-state index in [4.69, 9.17) is 4.74 Å². The number of amides is 1. The predicted molar refractivity (Wildman–Crippen MR) is 66.0 cm³/mol. The van der Waals surface area contributed by atoms with Crippen LogP contribution in [-0.4, -0.2) is 24.1 Å². The van der Waals surface area contributed by atoms with Gasteiger partial charge in [-0.3, -0.25) is 4.79 Å². The lowest BCUT2D eigenvalue weighted by Gasteiger charge is -2.27. The summed E-state index contributed by atoms with van der Waals surface area (Å²) in [5.41, 5.74) is 0. The molecule has 2 fully saturated rings. The van der Waals surface area contributed by atoms with E-state index in [1.54, 1.807) is 11.3 Å². The summed E-state index contributed by atoms with van der Waals surface area (Å²) < 4.78 is 5.54. The number of carboxylic acids is 1. The topological polar surface area (TPSA) is 78.5 Å². The molecule has 19 heavy (non-hydrogen) atoms. The lowest BCUT2D eigenvalue weighted by atomic mass is 9.79. The third-order valence-corrected chi connectivity index (χ3v) is 4.74. The van der Waals surface area contributed by atoms with Gasteiger partial charge in [0, 0.05) is 16.8 Å². The van der Waals surface area contributed by atoms with Crippen LogP contribution in [0.1, 0.15) is 17.7 Å². The van der Waals surface area contributed by atoms with Crippen LogP contribution in [0.25, 0.3) is 0 Å². The number of fused-ring (bicyclic) bond motifs is 2. The van der Waals surface area contributed by atoms with E-state index < -0.39 is 17.8 Å². The first-order chi connectivity index (χ1) is 9.16. The lowest BCUT2D eigenvalue weighted by Crippen LogP contribution is -2.47. The van der Waals surface area contributed by atoms with Crippen LogP contribution in [0.3, 0.4) is 0 Å². The number of hydrogen-bond acceptors (Lipinski definition) is 5. The molecule has 0 spiro atoms. The van der Waals surface area contributed by atoms with Crippen molar-refractivity contribution in [3.63, 3.8) is 0 Å². The Morgan fingerprint density at radius 1 is 1.37 bits per heavy atom. The minimum absolute atomic E-state index is 0.241. The monoisotopic (exact) mass is 280 g/mol. The van der Waals surface area contributed by atoms with Crippen LogP contribution in [0.4, 0.5) is 0 Å². The Balaban J connectivity index is 1.66. The minimum Gasteiger partial charge on any atom is -0.550 e. The van der Waals surface area contributed by atoms with Gasteiger partial charge >= 0.3 is 0 Å². The number of hydrogen-bond donors (Lipinski definition) is 1. The van der Waals surface area contributed by atoms with Gasteiger partial charge in [0.1, 0.15) is 0 Å². The van der Waals surface area contributed by atoms with Gasteiger partial charge in [0.25, 0.3) is 0 Å². The molecule has 5 nitrogen and oxygen atoms in total. The van der Waals surface area contributed by atoms with Crippen molar-refractivity contribution >= 4 is 23.2 Å². The predicted octanol–water partition coefficient (Wildman–Crippen LogP) is -0.0922. The molecular formula is C13H14NO4S-. The molecule has 0 radical (unpaired) electrons. The van der Waals surface area contributed by atoms with Crippen molar-refractivity contribution in [2.24, 2.45) is 11.8 Å². The number of rotatable bonds is 4. The molecule has 4 atom stereocenters. The number of carbonyl (C=O) groups is 2. The number of aliphatic carboxylic acids is 1. The molecule has 1 aromatic rings. The standard InChI is InChI=1S/C13H15NO4S/c15-12(14-6-7-2-1-5-19-7)10-8-3-4-9(18-8)11(10)13(16)17/h1-2,5,8-11H,3-4,6H2,(H,14,15)(H,16,17)/p-1/t8-,9+,10+,11-/m1/s1. The van der Waals surface area contributed by atoms with Gasteiger partial charge in [0.05, 0.1) is 24.7 Å². The highest BCUT2D eigenvalue weighted by Crippen LogP contribution is 2.43. The zero-order chi connectivity index (χ0) is 13.4. The lowest BCUT2D eigenvalue weighted by molar-refractivity contribution is -0.314. The SMILES string of the molecule is O=C(NCc1cccs1)[C@@H]1[C@H](C(=O)[O-])[C@@H]2CC[C@H]1O2. The van der Waals surface area contributed by atoms with Crippen LogP contribution < -0.4 is 10.4 Å². The van der Waals surface area contributed by atoms with Crippen LogP contribution >= 0.6 is 11.3 Å². The van der Waals surface area contributed by atoms with Crippen molar-refractivity contribution in [3.05, 3.63) is 22.4 Å². The zero-order valence-corrected chi connectivity index (χ0v) is 11.0. The molecule has 1 amide bonds. The molecular weight excluding hydrogens is 266 g/mol. The van der Waals surface area contributed by atoms with Crippen molar-refractivity contribution in [3.8, 4) is 0 Å². The van der Waals surface area contributed by atoms with Gasteiger partial charge in [0.2, 0.25) is 5.91 Å². The molecule has 1 N–H and O–H groups in total. The molecule has 0 saturated carbocycles. The number of ether oxygens (including phenoxy) is 1. The van der Waals surface area contributed by atoms with E-state index in [9.17, 15) is 14.7 Å². The average Bonchev–Trinajstić information content (AvgIpc) is 3.10. The first-order valence-electron chi connectivity index (χ1n) is 6.33. The highest BCUT2D eigenvalue weighted by Gasteiger charge is 2.52. The molecule has 2 aliphatic rings. The van der Waals surface area contributed by atoms with E-state index in [2.05, 4.69) is 5.32 Å². The van der Waals surface area contributed by atoms with Gasteiger partial charge in [0.15, 0.2) is 0 Å². The van der Waals surface area contributed by atoms with Gasteiger partial charge < -0.3 is 20.0 Å². The quantitative estimate of drug-likeness (QED) is 0.836. The van der Waals surface area contributed by atoms with Gasteiger partial charge in [-0.15, -0.1) is 11.3 Å². The molecule has 2 bridgehead atoms. The fraction of sp³-hybridized carbons (Fsp3) is 0.538. The Bertz CT molecular complexity index is 487. The van der Waals surface area contributed by atoms with Crippen LogP contribution in [0, 0.1) is 11.8 Å². The average molecular weight is 280 g/mol. The smallest absolute Gasteiger partial charge is 0.226 e. The largest absolute Gasteiger partial charge is 0.550 e. The number of thiophene rings is 1. The van der Waals surface area contributed by atoms with E-state index in [0.717, 1.165) is 11.3 Å². The normalized spacial score (nSPS) is 32.4. The Morgan fingerprint density at radius 2 is 2.11 bits per heavy atom. The van der Waals surface area contributed by atoms with Crippen LogP contribution in [-0.2, 0) is 20.9 Å². The summed E-state index contributed by atoms with van der Waals surface area (Å²) in [6, 6.07) is 3.84. The molecule has 2 aliphatic heterocycles. The zero-order valence-electron chi connectivity index (χ0n) is 10.2. The fourth-order valence-corrected chi connectivity index (χ4v) is 3.66. The van der Waals surface area contributed by atoms with Crippen LogP contribution in [0.2, 0.25) is 0 Å².